The van der Waals surface area contributed by atoms with E-state index in [2.05, 4.69) is 4.72 Å². The molecule has 1 unspecified atom stereocenters. The van der Waals surface area contributed by atoms with E-state index in [1.54, 1.807) is 24.3 Å². The van der Waals surface area contributed by atoms with Crippen LogP contribution in [0.5, 0.6) is 5.75 Å². The maximum absolute atomic E-state index is 13.2. The monoisotopic (exact) mass is 349 g/mol. The molecular weight excluding hydrogens is 329 g/mol. The molecule has 6 heteroatoms. The van der Waals surface area contributed by atoms with Crippen molar-refractivity contribution in [2.24, 2.45) is 0 Å². The topological polar surface area (TPSA) is 55.4 Å². The van der Waals surface area contributed by atoms with Crippen molar-refractivity contribution >= 4 is 15.7 Å². The van der Waals surface area contributed by atoms with E-state index < -0.39 is 15.6 Å². The maximum Gasteiger partial charge on any atom is 0.229 e. The molecule has 0 aliphatic carbocycles. The lowest BCUT2D eigenvalue weighted by Crippen LogP contribution is -2.35. The third kappa shape index (κ3) is 3.70. The number of nitrogens with one attached hydrogen (secondary N) is 1. The standard InChI is InChI=1S/C18H20FNO3S/c1-18(2)11-16(12-4-6-13(19)7-5-12)15-9-8-14(10-17(15)23-18)20-24(3,21)22/h4-10,16,20H,11H2,1-3H3. The minimum atomic E-state index is -3.35. The van der Waals surface area contributed by atoms with Crippen LogP contribution < -0.4 is 9.46 Å². The lowest BCUT2D eigenvalue weighted by Gasteiger charge is -2.38. The van der Waals surface area contributed by atoms with Gasteiger partial charge >= 0.3 is 0 Å². The molecule has 1 aliphatic heterocycles. The number of anilines is 1. The zero-order valence-electron chi connectivity index (χ0n) is 13.8. The van der Waals surface area contributed by atoms with Gasteiger partial charge in [-0.2, -0.15) is 0 Å². The van der Waals surface area contributed by atoms with Crippen molar-refractivity contribution in [2.75, 3.05) is 11.0 Å². The molecule has 0 spiro atoms. The van der Waals surface area contributed by atoms with Gasteiger partial charge in [0.25, 0.3) is 0 Å². The Morgan fingerprint density at radius 2 is 1.83 bits per heavy atom. The number of benzene rings is 2. The largest absolute Gasteiger partial charge is 0.487 e. The first-order valence-electron chi connectivity index (χ1n) is 7.69. The number of halogens is 1. The summed E-state index contributed by atoms with van der Waals surface area (Å²) in [6.45, 7) is 3.98. The Hall–Kier alpha value is -2.08. The van der Waals surface area contributed by atoms with Gasteiger partial charge in [-0.25, -0.2) is 12.8 Å². The molecule has 0 radical (unpaired) electrons. The van der Waals surface area contributed by atoms with Crippen molar-refractivity contribution in [3.8, 4) is 5.75 Å². The van der Waals surface area contributed by atoms with Crippen LogP contribution >= 0.6 is 0 Å². The van der Waals surface area contributed by atoms with Crippen LogP contribution in [0.25, 0.3) is 0 Å². The summed E-state index contributed by atoms with van der Waals surface area (Å²) in [5, 5.41) is 0. The third-order valence-electron chi connectivity index (χ3n) is 4.05. The van der Waals surface area contributed by atoms with Crippen molar-refractivity contribution < 1.29 is 17.5 Å². The average Bonchev–Trinajstić information content (AvgIpc) is 2.44. The minimum absolute atomic E-state index is 0.0663. The molecule has 0 amide bonds. The highest BCUT2D eigenvalue weighted by Crippen LogP contribution is 2.45. The number of hydrogen-bond donors (Lipinski definition) is 1. The molecule has 3 rings (SSSR count). The van der Waals surface area contributed by atoms with Crippen molar-refractivity contribution in [1.82, 2.24) is 0 Å². The number of sulfonamides is 1. The van der Waals surface area contributed by atoms with Crippen LogP contribution in [0.1, 0.15) is 37.3 Å². The fourth-order valence-electron chi connectivity index (χ4n) is 3.12. The summed E-state index contributed by atoms with van der Waals surface area (Å²) in [7, 11) is -3.35. The fraction of sp³-hybridized carbons (Fsp3) is 0.333. The van der Waals surface area contributed by atoms with Crippen LogP contribution in [0.4, 0.5) is 10.1 Å². The first-order chi connectivity index (χ1) is 11.1. The van der Waals surface area contributed by atoms with Crippen molar-refractivity contribution in [2.45, 2.75) is 31.8 Å². The molecule has 0 aromatic heterocycles. The lowest BCUT2D eigenvalue weighted by atomic mass is 9.80. The summed E-state index contributed by atoms with van der Waals surface area (Å²) >= 11 is 0. The van der Waals surface area contributed by atoms with Crippen LogP contribution in [-0.2, 0) is 10.0 Å². The second kappa shape index (κ2) is 5.77. The molecule has 1 aliphatic rings. The Labute approximate surface area is 141 Å². The van der Waals surface area contributed by atoms with Crippen LogP contribution in [0, 0.1) is 5.82 Å². The van der Waals surface area contributed by atoms with E-state index in [1.807, 2.05) is 19.9 Å². The number of hydrogen-bond acceptors (Lipinski definition) is 3. The van der Waals surface area contributed by atoms with Crippen molar-refractivity contribution in [3.05, 3.63) is 59.4 Å². The van der Waals surface area contributed by atoms with Crippen molar-refractivity contribution in [1.29, 1.82) is 0 Å². The normalized spacial score (nSPS) is 19.2. The van der Waals surface area contributed by atoms with E-state index in [0.29, 0.717) is 11.4 Å². The smallest absolute Gasteiger partial charge is 0.229 e. The van der Waals surface area contributed by atoms with Crippen LogP contribution in [0.15, 0.2) is 42.5 Å². The van der Waals surface area contributed by atoms with Gasteiger partial charge in [-0.05, 0) is 44.0 Å². The molecule has 2 aromatic carbocycles. The molecule has 4 nitrogen and oxygen atoms in total. The lowest BCUT2D eigenvalue weighted by molar-refractivity contribution is 0.0775. The highest BCUT2D eigenvalue weighted by Gasteiger charge is 2.34. The highest BCUT2D eigenvalue weighted by molar-refractivity contribution is 7.92. The molecule has 1 atom stereocenters. The van der Waals surface area contributed by atoms with E-state index in [1.165, 1.54) is 12.1 Å². The number of rotatable bonds is 3. The molecule has 2 aromatic rings. The molecular formula is C18H20FNO3S. The van der Waals surface area contributed by atoms with Gasteiger partial charge in [0.15, 0.2) is 0 Å². The number of fused-ring (bicyclic) bond motifs is 1. The van der Waals surface area contributed by atoms with Gasteiger partial charge in [0, 0.05) is 17.5 Å². The number of ether oxygens (including phenoxy) is 1. The molecule has 0 bridgehead atoms. The van der Waals surface area contributed by atoms with E-state index in [0.717, 1.165) is 23.8 Å². The Kier molecular flexibility index (Phi) is 4.03. The average molecular weight is 349 g/mol. The zero-order chi connectivity index (χ0) is 17.5. The third-order valence-corrected chi connectivity index (χ3v) is 4.65. The second-order valence-electron chi connectivity index (χ2n) is 6.80. The Balaban J connectivity index is 2.04. The summed E-state index contributed by atoms with van der Waals surface area (Å²) in [6, 6.07) is 11.8. The Morgan fingerprint density at radius 3 is 2.46 bits per heavy atom. The quantitative estimate of drug-likeness (QED) is 0.915. The highest BCUT2D eigenvalue weighted by atomic mass is 32.2. The van der Waals surface area contributed by atoms with Gasteiger partial charge < -0.3 is 4.74 Å². The van der Waals surface area contributed by atoms with Crippen LogP contribution in [0.2, 0.25) is 0 Å². The summed E-state index contributed by atoms with van der Waals surface area (Å²) < 4.78 is 44.6. The van der Waals surface area contributed by atoms with Gasteiger partial charge in [-0.15, -0.1) is 0 Å². The zero-order valence-corrected chi connectivity index (χ0v) is 14.7. The maximum atomic E-state index is 13.2. The first kappa shape index (κ1) is 16.8. The van der Waals surface area contributed by atoms with Crippen LogP contribution in [-0.4, -0.2) is 20.3 Å². The van der Waals surface area contributed by atoms with E-state index in [4.69, 9.17) is 4.74 Å². The summed E-state index contributed by atoms with van der Waals surface area (Å²) in [5.74, 6) is 0.448. The Morgan fingerprint density at radius 1 is 1.17 bits per heavy atom. The van der Waals surface area contributed by atoms with E-state index in [-0.39, 0.29) is 11.7 Å². The SMILES string of the molecule is CC1(C)CC(c2ccc(F)cc2)c2ccc(NS(C)(=O)=O)cc2O1. The van der Waals surface area contributed by atoms with Gasteiger partial charge in [0.2, 0.25) is 10.0 Å². The summed E-state index contributed by atoms with van der Waals surface area (Å²) in [5.41, 5.74) is 2.04. The molecule has 1 N–H and O–H groups in total. The van der Waals surface area contributed by atoms with E-state index >= 15 is 0 Å². The first-order valence-corrected chi connectivity index (χ1v) is 9.58. The summed E-state index contributed by atoms with van der Waals surface area (Å²) in [6.07, 6.45) is 1.86. The summed E-state index contributed by atoms with van der Waals surface area (Å²) in [4.78, 5) is 0. The predicted octanol–water partition coefficient (Wildman–Crippen LogP) is 3.89. The van der Waals surface area contributed by atoms with Gasteiger partial charge in [-0.1, -0.05) is 18.2 Å². The second-order valence-corrected chi connectivity index (χ2v) is 8.55. The molecule has 1 heterocycles. The molecule has 0 fully saturated rings. The fourth-order valence-corrected chi connectivity index (χ4v) is 3.68. The van der Waals surface area contributed by atoms with Crippen molar-refractivity contribution in [3.63, 3.8) is 0 Å². The van der Waals surface area contributed by atoms with E-state index in [9.17, 15) is 12.8 Å². The van der Waals surface area contributed by atoms with Gasteiger partial charge in [-0.3, -0.25) is 4.72 Å². The predicted molar refractivity (Wildman–Crippen MR) is 92.5 cm³/mol. The van der Waals surface area contributed by atoms with Crippen LogP contribution in [0.3, 0.4) is 0 Å². The molecule has 0 saturated carbocycles. The van der Waals surface area contributed by atoms with Gasteiger partial charge in [0.1, 0.15) is 17.2 Å². The Bertz CT molecular complexity index is 860. The molecule has 0 saturated heterocycles. The minimum Gasteiger partial charge on any atom is -0.487 e. The van der Waals surface area contributed by atoms with Gasteiger partial charge in [0.05, 0.1) is 11.9 Å². The molecule has 24 heavy (non-hydrogen) atoms. The molecule has 128 valence electrons.